The summed E-state index contributed by atoms with van der Waals surface area (Å²) >= 11 is 7.33. The molecule has 0 saturated heterocycles. The summed E-state index contributed by atoms with van der Waals surface area (Å²) in [4.78, 5) is 18.4. The van der Waals surface area contributed by atoms with Crippen LogP contribution in [0.4, 0.5) is 5.13 Å². The Hall–Kier alpha value is -1.60. The lowest BCUT2D eigenvalue weighted by Crippen LogP contribution is -2.30. The van der Waals surface area contributed by atoms with Gasteiger partial charge in [0.05, 0.1) is 23.5 Å². The third-order valence-electron chi connectivity index (χ3n) is 2.71. The first-order valence-electron chi connectivity index (χ1n) is 6.06. The summed E-state index contributed by atoms with van der Waals surface area (Å²) in [6.07, 6.45) is 3.13. The quantitative estimate of drug-likeness (QED) is 0.916. The average molecular weight is 314 g/mol. The standard InChI is InChI=1S/C12H16ClN5OS/c1-8(18-6-9(13)4-15-18)11(19)14-5-10-7-20-12(16-10)17(2)3/h4,6-8H,5H2,1-3H3,(H,14,19)/t8-/m1/s1. The van der Waals surface area contributed by atoms with Gasteiger partial charge in [-0.1, -0.05) is 11.6 Å². The number of hydrogen-bond donors (Lipinski definition) is 1. The lowest BCUT2D eigenvalue weighted by Gasteiger charge is -2.11. The highest BCUT2D eigenvalue weighted by atomic mass is 35.5. The molecule has 6 nitrogen and oxygen atoms in total. The Kier molecular flexibility index (Phi) is 4.61. The Balaban J connectivity index is 1.91. The SMILES string of the molecule is C[C@H](C(=O)NCc1csc(N(C)C)n1)n1cc(Cl)cn1. The lowest BCUT2D eigenvalue weighted by atomic mass is 10.3. The van der Waals surface area contributed by atoms with E-state index in [0.717, 1.165) is 10.8 Å². The largest absolute Gasteiger partial charge is 0.354 e. The van der Waals surface area contributed by atoms with Crippen LogP contribution in [0.5, 0.6) is 0 Å². The first-order chi connectivity index (χ1) is 9.47. The molecule has 1 amide bonds. The predicted molar refractivity (Wildman–Crippen MR) is 80.2 cm³/mol. The summed E-state index contributed by atoms with van der Waals surface area (Å²) in [5, 5.41) is 10.2. The van der Waals surface area contributed by atoms with Gasteiger partial charge in [0.1, 0.15) is 6.04 Å². The van der Waals surface area contributed by atoms with E-state index >= 15 is 0 Å². The van der Waals surface area contributed by atoms with Crippen LogP contribution in [0.2, 0.25) is 5.02 Å². The van der Waals surface area contributed by atoms with E-state index in [1.807, 2.05) is 24.4 Å². The maximum atomic E-state index is 12.0. The molecule has 0 aliphatic heterocycles. The van der Waals surface area contributed by atoms with Gasteiger partial charge in [0.15, 0.2) is 5.13 Å². The van der Waals surface area contributed by atoms with Crippen LogP contribution in [0, 0.1) is 0 Å². The highest BCUT2D eigenvalue weighted by Gasteiger charge is 2.16. The molecule has 20 heavy (non-hydrogen) atoms. The molecule has 2 aromatic heterocycles. The van der Waals surface area contributed by atoms with Crippen molar-refractivity contribution in [3.63, 3.8) is 0 Å². The summed E-state index contributed by atoms with van der Waals surface area (Å²) in [6, 6.07) is -0.408. The molecule has 0 bridgehead atoms. The van der Waals surface area contributed by atoms with Gasteiger partial charge in [-0.15, -0.1) is 11.3 Å². The topological polar surface area (TPSA) is 63.1 Å². The minimum Gasteiger partial charge on any atom is -0.354 e. The van der Waals surface area contributed by atoms with Crippen LogP contribution >= 0.6 is 22.9 Å². The minimum absolute atomic E-state index is 0.121. The number of nitrogens with one attached hydrogen (secondary N) is 1. The van der Waals surface area contributed by atoms with Crippen LogP contribution in [-0.4, -0.2) is 34.8 Å². The van der Waals surface area contributed by atoms with Crippen molar-refractivity contribution in [1.82, 2.24) is 20.1 Å². The Morgan fingerprint density at radius 3 is 2.90 bits per heavy atom. The highest BCUT2D eigenvalue weighted by Crippen LogP contribution is 2.18. The van der Waals surface area contributed by atoms with Gasteiger partial charge in [0.2, 0.25) is 5.91 Å². The number of hydrogen-bond acceptors (Lipinski definition) is 5. The van der Waals surface area contributed by atoms with E-state index in [9.17, 15) is 4.79 Å². The monoisotopic (exact) mass is 313 g/mol. The number of amides is 1. The molecule has 0 spiro atoms. The van der Waals surface area contributed by atoms with Crippen LogP contribution in [0.25, 0.3) is 0 Å². The van der Waals surface area contributed by atoms with Gasteiger partial charge < -0.3 is 10.2 Å². The lowest BCUT2D eigenvalue weighted by molar-refractivity contribution is -0.124. The number of anilines is 1. The molecule has 0 fully saturated rings. The zero-order valence-corrected chi connectivity index (χ0v) is 13.1. The van der Waals surface area contributed by atoms with Crippen LogP contribution in [-0.2, 0) is 11.3 Å². The van der Waals surface area contributed by atoms with Crippen molar-refractivity contribution in [3.8, 4) is 0 Å². The minimum atomic E-state index is -0.408. The molecule has 0 aliphatic rings. The van der Waals surface area contributed by atoms with Gasteiger partial charge in [-0.2, -0.15) is 5.10 Å². The number of thiazole rings is 1. The summed E-state index contributed by atoms with van der Waals surface area (Å²) < 4.78 is 1.53. The summed E-state index contributed by atoms with van der Waals surface area (Å²) in [6.45, 7) is 2.17. The first-order valence-corrected chi connectivity index (χ1v) is 7.32. The number of halogens is 1. The number of nitrogens with zero attached hydrogens (tertiary/aromatic N) is 4. The fraction of sp³-hybridized carbons (Fsp3) is 0.417. The molecule has 1 atom stereocenters. The van der Waals surface area contributed by atoms with E-state index in [1.54, 1.807) is 24.5 Å². The van der Waals surface area contributed by atoms with Gasteiger partial charge >= 0.3 is 0 Å². The van der Waals surface area contributed by atoms with Crippen LogP contribution in [0.3, 0.4) is 0 Å². The van der Waals surface area contributed by atoms with Gasteiger partial charge in [-0.3, -0.25) is 9.48 Å². The summed E-state index contributed by atoms with van der Waals surface area (Å²) in [5.74, 6) is -0.121. The van der Waals surface area contributed by atoms with Gasteiger partial charge in [-0.25, -0.2) is 4.98 Å². The predicted octanol–water partition coefficient (Wildman–Crippen LogP) is 1.94. The Morgan fingerprint density at radius 2 is 2.35 bits per heavy atom. The molecular formula is C12H16ClN5OS. The third kappa shape index (κ3) is 3.49. The van der Waals surface area contributed by atoms with Gasteiger partial charge in [0.25, 0.3) is 0 Å². The summed E-state index contributed by atoms with van der Waals surface area (Å²) in [7, 11) is 3.87. The van der Waals surface area contributed by atoms with Crippen LogP contribution in [0.15, 0.2) is 17.8 Å². The van der Waals surface area contributed by atoms with Crippen molar-refractivity contribution in [2.24, 2.45) is 0 Å². The molecule has 0 unspecified atom stereocenters. The Labute approximate surface area is 126 Å². The van der Waals surface area contributed by atoms with Crippen molar-refractivity contribution in [3.05, 3.63) is 28.5 Å². The number of aromatic nitrogens is 3. The highest BCUT2D eigenvalue weighted by molar-refractivity contribution is 7.13. The van der Waals surface area contributed by atoms with Crippen molar-refractivity contribution >= 4 is 34.0 Å². The van der Waals surface area contributed by atoms with E-state index in [4.69, 9.17) is 11.6 Å². The molecule has 1 N–H and O–H groups in total. The fourth-order valence-corrected chi connectivity index (χ4v) is 2.46. The molecular weight excluding hydrogens is 298 g/mol. The number of carbonyl (C=O) groups is 1. The van der Waals surface area contributed by atoms with E-state index in [2.05, 4.69) is 15.4 Å². The number of rotatable bonds is 5. The van der Waals surface area contributed by atoms with Crippen molar-refractivity contribution in [2.45, 2.75) is 19.5 Å². The molecule has 2 rings (SSSR count). The van der Waals surface area contributed by atoms with Crippen molar-refractivity contribution < 1.29 is 4.79 Å². The molecule has 108 valence electrons. The second-order valence-electron chi connectivity index (χ2n) is 4.55. The Bertz CT molecular complexity index is 594. The molecule has 0 saturated carbocycles. The Morgan fingerprint density at radius 1 is 1.60 bits per heavy atom. The second kappa shape index (κ2) is 6.23. The first kappa shape index (κ1) is 14.8. The van der Waals surface area contributed by atoms with Crippen LogP contribution in [0.1, 0.15) is 18.7 Å². The van der Waals surface area contributed by atoms with Gasteiger partial charge in [-0.05, 0) is 6.92 Å². The smallest absolute Gasteiger partial charge is 0.244 e. The average Bonchev–Trinajstić information content (AvgIpc) is 3.03. The molecule has 2 aromatic rings. The molecule has 8 heteroatoms. The fourth-order valence-electron chi connectivity index (χ4n) is 1.56. The molecule has 2 heterocycles. The third-order valence-corrected chi connectivity index (χ3v) is 3.96. The second-order valence-corrected chi connectivity index (χ2v) is 5.82. The van der Waals surface area contributed by atoms with E-state index in [0.29, 0.717) is 11.6 Å². The van der Waals surface area contributed by atoms with Crippen molar-refractivity contribution in [2.75, 3.05) is 19.0 Å². The molecule has 0 aliphatic carbocycles. The number of carbonyl (C=O) groups excluding carboxylic acids is 1. The maximum Gasteiger partial charge on any atom is 0.244 e. The normalized spacial score (nSPS) is 12.2. The van der Waals surface area contributed by atoms with Gasteiger partial charge in [0, 0.05) is 25.7 Å². The zero-order chi connectivity index (χ0) is 14.7. The zero-order valence-electron chi connectivity index (χ0n) is 11.5. The van der Waals surface area contributed by atoms with E-state index < -0.39 is 6.04 Å². The van der Waals surface area contributed by atoms with E-state index in [-0.39, 0.29) is 5.91 Å². The molecule has 0 aromatic carbocycles. The molecule has 0 radical (unpaired) electrons. The van der Waals surface area contributed by atoms with Crippen molar-refractivity contribution in [1.29, 1.82) is 0 Å². The maximum absolute atomic E-state index is 12.0. The summed E-state index contributed by atoms with van der Waals surface area (Å²) in [5.41, 5.74) is 0.845. The van der Waals surface area contributed by atoms with E-state index in [1.165, 1.54) is 10.9 Å². The van der Waals surface area contributed by atoms with Crippen LogP contribution < -0.4 is 10.2 Å².